The van der Waals surface area contributed by atoms with Gasteiger partial charge in [-0.15, -0.1) is 10.2 Å². The number of hydrogen-bond acceptors (Lipinski definition) is 6. The number of hydrogen-bond donors (Lipinski definition) is 0. The molecule has 4 aromatic rings. The van der Waals surface area contributed by atoms with Crippen LogP contribution in [-0.4, -0.2) is 28.2 Å². The highest BCUT2D eigenvalue weighted by Crippen LogP contribution is 2.40. The Morgan fingerprint density at radius 3 is 1.17 bits per heavy atom. The zero-order valence-electron chi connectivity index (χ0n) is 20.5. The van der Waals surface area contributed by atoms with Gasteiger partial charge in [0.2, 0.25) is 0 Å². The molecule has 0 aromatic heterocycles. The van der Waals surface area contributed by atoms with E-state index in [0.29, 0.717) is 0 Å². The molecule has 0 radical (unpaired) electrons. The molecule has 8 heteroatoms. The fourth-order valence-corrected chi connectivity index (χ4v) is 4.19. The first kappa shape index (κ1) is 25.7. The van der Waals surface area contributed by atoms with Gasteiger partial charge in [0.15, 0.2) is 0 Å². The fourth-order valence-electron chi connectivity index (χ4n) is 3.49. The summed E-state index contributed by atoms with van der Waals surface area (Å²) in [7, 11) is 8.04. The van der Waals surface area contributed by atoms with Crippen LogP contribution in [0.4, 0.5) is 34.1 Å². The third-order valence-corrected chi connectivity index (χ3v) is 6.47. The van der Waals surface area contributed by atoms with Gasteiger partial charge < -0.3 is 9.80 Å². The molecule has 0 aliphatic rings. The van der Waals surface area contributed by atoms with E-state index >= 15 is 0 Å². The first-order chi connectivity index (χ1) is 17.3. The van der Waals surface area contributed by atoms with Gasteiger partial charge in [0.1, 0.15) is 0 Å². The number of halogens is 2. The van der Waals surface area contributed by atoms with Crippen molar-refractivity contribution < 1.29 is 0 Å². The Balaban J connectivity index is 1.69. The second kappa shape index (κ2) is 11.6. The van der Waals surface area contributed by atoms with Crippen molar-refractivity contribution in [2.45, 2.75) is 0 Å². The van der Waals surface area contributed by atoms with Crippen LogP contribution in [0.15, 0.2) is 114 Å². The molecule has 0 bridgehead atoms. The topological polar surface area (TPSA) is 55.9 Å². The molecule has 4 aromatic carbocycles. The first-order valence-electron chi connectivity index (χ1n) is 11.3. The summed E-state index contributed by atoms with van der Waals surface area (Å²) < 4.78 is 1.84. The summed E-state index contributed by atoms with van der Waals surface area (Å²) in [4.78, 5) is 4.10. The maximum atomic E-state index is 4.59. The molecule has 0 saturated carbocycles. The van der Waals surface area contributed by atoms with Gasteiger partial charge in [-0.1, -0.05) is 44.0 Å². The molecule has 4 rings (SSSR count). The SMILES string of the molecule is CN(C)c1ccc(N=Nc2cc(Br)ccc2-c2ccc(Br)cc2N=Nc2ccc(N(C)C)cc2)cc1. The Morgan fingerprint density at radius 2 is 0.833 bits per heavy atom. The Labute approximate surface area is 228 Å². The van der Waals surface area contributed by atoms with Gasteiger partial charge in [0, 0.05) is 59.6 Å². The molecule has 0 spiro atoms. The predicted octanol–water partition coefficient (Wildman–Crippen LogP) is 9.84. The molecule has 0 amide bonds. The van der Waals surface area contributed by atoms with Crippen LogP contribution in [0.25, 0.3) is 11.1 Å². The van der Waals surface area contributed by atoms with E-state index in [1.807, 2.05) is 123 Å². The molecule has 182 valence electrons. The minimum atomic E-state index is 0.732. The average Bonchev–Trinajstić information content (AvgIpc) is 2.87. The van der Waals surface area contributed by atoms with Crippen molar-refractivity contribution in [3.05, 3.63) is 93.9 Å². The van der Waals surface area contributed by atoms with Crippen LogP contribution >= 0.6 is 31.9 Å². The number of anilines is 2. The fraction of sp³-hybridized carbons (Fsp3) is 0.143. The normalized spacial score (nSPS) is 11.4. The Morgan fingerprint density at radius 1 is 0.472 bits per heavy atom. The quantitative estimate of drug-likeness (QED) is 0.197. The summed E-state index contributed by atoms with van der Waals surface area (Å²) in [5.41, 5.74) is 7.07. The Hall–Kier alpha value is -3.36. The lowest BCUT2D eigenvalue weighted by Gasteiger charge is -2.12. The third-order valence-electron chi connectivity index (χ3n) is 5.49. The number of azo groups is 2. The van der Waals surface area contributed by atoms with E-state index in [9.17, 15) is 0 Å². The van der Waals surface area contributed by atoms with Crippen molar-refractivity contribution in [3.8, 4) is 11.1 Å². The Kier molecular flexibility index (Phi) is 8.28. The highest BCUT2D eigenvalue weighted by molar-refractivity contribution is 9.10. The average molecular weight is 606 g/mol. The summed E-state index contributed by atoms with van der Waals surface area (Å²) >= 11 is 7.14. The van der Waals surface area contributed by atoms with Crippen LogP contribution in [0.3, 0.4) is 0 Å². The lowest BCUT2D eigenvalue weighted by molar-refractivity contribution is 1.13. The molecule has 36 heavy (non-hydrogen) atoms. The number of benzene rings is 4. The van der Waals surface area contributed by atoms with Gasteiger partial charge in [-0.25, -0.2) is 0 Å². The highest BCUT2D eigenvalue weighted by atomic mass is 79.9. The van der Waals surface area contributed by atoms with E-state index in [0.717, 1.165) is 54.2 Å². The largest absolute Gasteiger partial charge is 0.378 e. The zero-order valence-corrected chi connectivity index (χ0v) is 23.7. The zero-order chi connectivity index (χ0) is 25.7. The van der Waals surface area contributed by atoms with Gasteiger partial charge in [-0.3, -0.25) is 0 Å². The standard InChI is InChI=1S/C28H26Br2N6/c1-35(2)23-11-7-21(8-12-23)31-33-27-17-19(29)5-15-25(27)26-16-6-20(30)18-28(26)34-32-22-9-13-24(14-10-22)36(3)4/h5-18H,1-4H3. The van der Waals surface area contributed by atoms with Crippen LogP contribution in [0.2, 0.25) is 0 Å². The predicted molar refractivity (Wildman–Crippen MR) is 157 cm³/mol. The van der Waals surface area contributed by atoms with Crippen molar-refractivity contribution in [1.29, 1.82) is 0 Å². The first-order valence-corrected chi connectivity index (χ1v) is 12.9. The molecule has 6 nitrogen and oxygen atoms in total. The number of nitrogens with zero attached hydrogens (tertiary/aromatic N) is 6. The third kappa shape index (κ3) is 6.44. The van der Waals surface area contributed by atoms with E-state index in [4.69, 9.17) is 0 Å². The van der Waals surface area contributed by atoms with E-state index < -0.39 is 0 Å². The van der Waals surface area contributed by atoms with Gasteiger partial charge in [0.25, 0.3) is 0 Å². The Bertz CT molecular complexity index is 1290. The summed E-state index contributed by atoms with van der Waals surface area (Å²) in [5.74, 6) is 0. The van der Waals surface area contributed by atoms with E-state index in [1.54, 1.807) is 0 Å². The van der Waals surface area contributed by atoms with Crippen LogP contribution < -0.4 is 9.80 Å². The summed E-state index contributed by atoms with van der Waals surface area (Å²) in [6, 6.07) is 27.8. The van der Waals surface area contributed by atoms with Crippen LogP contribution in [0.5, 0.6) is 0 Å². The van der Waals surface area contributed by atoms with E-state index in [-0.39, 0.29) is 0 Å². The molecule has 0 heterocycles. The van der Waals surface area contributed by atoms with Gasteiger partial charge >= 0.3 is 0 Å². The van der Waals surface area contributed by atoms with Crippen molar-refractivity contribution >= 4 is 66.0 Å². The van der Waals surface area contributed by atoms with E-state index in [1.165, 1.54) is 0 Å². The lowest BCUT2D eigenvalue weighted by atomic mass is 10.0. The molecule has 0 aliphatic carbocycles. The van der Waals surface area contributed by atoms with Gasteiger partial charge in [0.05, 0.1) is 22.7 Å². The highest BCUT2D eigenvalue weighted by Gasteiger charge is 2.12. The van der Waals surface area contributed by atoms with Crippen molar-refractivity contribution in [3.63, 3.8) is 0 Å². The molecule has 0 aliphatic heterocycles. The molecule has 0 saturated heterocycles. The van der Waals surface area contributed by atoms with E-state index in [2.05, 4.69) is 52.3 Å². The molecule has 0 N–H and O–H groups in total. The maximum absolute atomic E-state index is 4.59. The van der Waals surface area contributed by atoms with Crippen LogP contribution in [-0.2, 0) is 0 Å². The number of rotatable bonds is 7. The van der Waals surface area contributed by atoms with Gasteiger partial charge in [-0.2, -0.15) is 10.2 Å². The second-order valence-electron chi connectivity index (χ2n) is 8.54. The monoisotopic (exact) mass is 604 g/mol. The van der Waals surface area contributed by atoms with Crippen molar-refractivity contribution in [2.75, 3.05) is 38.0 Å². The lowest BCUT2D eigenvalue weighted by Crippen LogP contribution is -2.07. The summed E-state index contributed by atoms with van der Waals surface area (Å²) in [6.45, 7) is 0. The van der Waals surface area contributed by atoms with Crippen molar-refractivity contribution in [2.24, 2.45) is 20.5 Å². The molecular weight excluding hydrogens is 580 g/mol. The molecule has 0 fully saturated rings. The summed E-state index contributed by atoms with van der Waals surface area (Å²) in [5, 5.41) is 18.1. The molecule has 0 unspecified atom stereocenters. The van der Waals surface area contributed by atoms with Crippen LogP contribution in [0.1, 0.15) is 0 Å². The minimum absolute atomic E-state index is 0.732. The summed E-state index contributed by atoms with van der Waals surface area (Å²) in [6.07, 6.45) is 0. The van der Waals surface area contributed by atoms with Crippen LogP contribution in [0, 0.1) is 0 Å². The molecular formula is C28H26Br2N6. The second-order valence-corrected chi connectivity index (χ2v) is 10.4. The smallest absolute Gasteiger partial charge is 0.0947 e. The minimum Gasteiger partial charge on any atom is -0.378 e. The van der Waals surface area contributed by atoms with Crippen molar-refractivity contribution in [1.82, 2.24) is 0 Å². The molecule has 0 atom stereocenters. The maximum Gasteiger partial charge on any atom is 0.0947 e. The van der Waals surface area contributed by atoms with Gasteiger partial charge in [-0.05, 0) is 72.8 Å².